The normalized spacial score (nSPS) is 12.5. The molecule has 0 aliphatic rings. The zero-order valence-electron chi connectivity index (χ0n) is 11.4. The molecule has 0 aliphatic heterocycles. The Morgan fingerprint density at radius 1 is 1.20 bits per heavy atom. The molecule has 1 aromatic carbocycles. The third-order valence-corrected chi connectivity index (χ3v) is 4.63. The van der Waals surface area contributed by atoms with Crippen LogP contribution in [0.1, 0.15) is 28.3 Å². The average Bonchev–Trinajstić information content (AvgIpc) is 3.17. The molecule has 1 atom stereocenters. The van der Waals surface area contributed by atoms with E-state index in [4.69, 9.17) is 5.73 Å². The van der Waals surface area contributed by atoms with Gasteiger partial charge >= 0.3 is 0 Å². The topological polar surface area (TPSA) is 43.8 Å². The van der Waals surface area contributed by atoms with Gasteiger partial charge in [-0.2, -0.15) is 5.10 Å². The molecular weight excluding hydrogens is 266 g/mol. The van der Waals surface area contributed by atoms with Crippen molar-refractivity contribution >= 4 is 11.3 Å². The number of thiophene rings is 1. The quantitative estimate of drug-likeness (QED) is 0.796. The number of hydrogen-bond acceptors (Lipinski definition) is 3. The van der Waals surface area contributed by atoms with Crippen molar-refractivity contribution in [3.63, 3.8) is 0 Å². The largest absolute Gasteiger partial charge is 0.320 e. The first-order valence-electron chi connectivity index (χ1n) is 6.72. The Hall–Kier alpha value is -1.91. The number of aryl methyl sites for hydroxylation is 1. The maximum atomic E-state index is 6.33. The summed E-state index contributed by atoms with van der Waals surface area (Å²) in [5, 5.41) is 4.40. The summed E-state index contributed by atoms with van der Waals surface area (Å²) in [6.07, 6.45) is 4.91. The maximum absolute atomic E-state index is 6.33. The molecule has 0 radical (unpaired) electrons. The molecule has 3 rings (SSSR count). The summed E-state index contributed by atoms with van der Waals surface area (Å²) in [6.45, 7) is 2.16. The van der Waals surface area contributed by atoms with Gasteiger partial charge in [0.1, 0.15) is 0 Å². The summed E-state index contributed by atoms with van der Waals surface area (Å²) < 4.78 is 1.86. The van der Waals surface area contributed by atoms with E-state index in [0.29, 0.717) is 0 Å². The molecule has 2 N–H and O–H groups in total. The third-order valence-electron chi connectivity index (χ3n) is 3.32. The van der Waals surface area contributed by atoms with Crippen molar-refractivity contribution in [1.29, 1.82) is 0 Å². The van der Waals surface area contributed by atoms with Gasteiger partial charge in [-0.15, -0.1) is 11.3 Å². The van der Waals surface area contributed by atoms with Crippen LogP contribution in [0.2, 0.25) is 0 Å². The number of nitrogens with two attached hydrogens (primary N) is 1. The first-order chi connectivity index (χ1) is 9.78. The standard InChI is InChI=1S/C16H17N3S/c1-2-14-8-9-15(20-14)16(17)12-10-18-19(11-12)13-6-4-3-5-7-13/h3-11,16H,2,17H2,1H3. The fourth-order valence-corrected chi connectivity index (χ4v) is 3.12. The number of nitrogens with zero attached hydrogens (tertiary/aromatic N) is 2. The lowest BCUT2D eigenvalue weighted by Crippen LogP contribution is -2.09. The van der Waals surface area contributed by atoms with Crippen LogP contribution >= 0.6 is 11.3 Å². The lowest BCUT2D eigenvalue weighted by molar-refractivity contribution is 0.871. The Balaban J connectivity index is 1.86. The van der Waals surface area contributed by atoms with Crippen molar-refractivity contribution in [2.24, 2.45) is 5.73 Å². The summed E-state index contributed by atoms with van der Waals surface area (Å²) in [6, 6.07) is 14.2. The van der Waals surface area contributed by atoms with Gasteiger partial charge in [0.25, 0.3) is 0 Å². The average molecular weight is 283 g/mol. The highest BCUT2D eigenvalue weighted by Crippen LogP contribution is 2.27. The van der Waals surface area contributed by atoms with E-state index >= 15 is 0 Å². The van der Waals surface area contributed by atoms with E-state index in [1.165, 1.54) is 9.75 Å². The van der Waals surface area contributed by atoms with Gasteiger partial charge in [0.2, 0.25) is 0 Å². The van der Waals surface area contributed by atoms with Crippen LogP contribution in [-0.4, -0.2) is 9.78 Å². The molecule has 0 fully saturated rings. The molecule has 0 amide bonds. The molecule has 0 saturated carbocycles. The predicted molar refractivity (Wildman–Crippen MR) is 83.3 cm³/mol. The second-order valence-corrected chi connectivity index (χ2v) is 5.89. The number of benzene rings is 1. The van der Waals surface area contributed by atoms with Crippen LogP contribution in [0.15, 0.2) is 54.9 Å². The van der Waals surface area contributed by atoms with E-state index in [2.05, 4.69) is 24.2 Å². The first-order valence-corrected chi connectivity index (χ1v) is 7.53. The number of rotatable bonds is 4. The van der Waals surface area contributed by atoms with Crippen LogP contribution in [-0.2, 0) is 6.42 Å². The van der Waals surface area contributed by atoms with Crippen LogP contribution in [0.5, 0.6) is 0 Å². The zero-order chi connectivity index (χ0) is 13.9. The van der Waals surface area contributed by atoms with Crippen LogP contribution < -0.4 is 5.73 Å². The van der Waals surface area contributed by atoms with E-state index in [-0.39, 0.29) is 6.04 Å². The number of aromatic nitrogens is 2. The SMILES string of the molecule is CCc1ccc(C(N)c2cnn(-c3ccccc3)c2)s1. The molecule has 0 saturated heterocycles. The molecule has 102 valence electrons. The highest BCUT2D eigenvalue weighted by molar-refractivity contribution is 7.12. The summed E-state index contributed by atoms with van der Waals surface area (Å²) in [5.74, 6) is 0. The van der Waals surface area contributed by atoms with Gasteiger partial charge in [0.05, 0.1) is 17.9 Å². The molecule has 20 heavy (non-hydrogen) atoms. The van der Waals surface area contributed by atoms with Gasteiger partial charge in [-0.3, -0.25) is 0 Å². The van der Waals surface area contributed by atoms with Crippen LogP contribution in [0.4, 0.5) is 0 Å². The fourth-order valence-electron chi connectivity index (χ4n) is 2.14. The molecule has 1 unspecified atom stereocenters. The van der Waals surface area contributed by atoms with Gasteiger partial charge < -0.3 is 5.73 Å². The highest BCUT2D eigenvalue weighted by atomic mass is 32.1. The minimum Gasteiger partial charge on any atom is -0.320 e. The summed E-state index contributed by atoms with van der Waals surface area (Å²) in [4.78, 5) is 2.56. The first kappa shape index (κ1) is 13.1. The van der Waals surface area contributed by atoms with Crippen molar-refractivity contribution in [2.45, 2.75) is 19.4 Å². The molecular formula is C16H17N3S. The van der Waals surface area contributed by atoms with Crippen molar-refractivity contribution in [2.75, 3.05) is 0 Å². The van der Waals surface area contributed by atoms with Gasteiger partial charge in [0.15, 0.2) is 0 Å². The Morgan fingerprint density at radius 2 is 2.00 bits per heavy atom. The Bertz CT molecular complexity index is 685. The molecule has 0 spiro atoms. The molecule has 3 nitrogen and oxygen atoms in total. The van der Waals surface area contributed by atoms with E-state index < -0.39 is 0 Å². The molecule has 4 heteroatoms. The minimum atomic E-state index is -0.0993. The second-order valence-electron chi connectivity index (χ2n) is 4.69. The maximum Gasteiger partial charge on any atom is 0.0677 e. The van der Waals surface area contributed by atoms with Gasteiger partial charge in [-0.05, 0) is 30.7 Å². The summed E-state index contributed by atoms with van der Waals surface area (Å²) in [5.41, 5.74) is 8.42. The molecule has 2 aromatic heterocycles. The number of hydrogen-bond donors (Lipinski definition) is 1. The van der Waals surface area contributed by atoms with Gasteiger partial charge in [-0.1, -0.05) is 25.1 Å². The van der Waals surface area contributed by atoms with Gasteiger partial charge in [-0.25, -0.2) is 4.68 Å². The van der Waals surface area contributed by atoms with Crippen molar-refractivity contribution < 1.29 is 0 Å². The van der Waals surface area contributed by atoms with Crippen LogP contribution in [0, 0.1) is 0 Å². The lowest BCUT2D eigenvalue weighted by atomic mass is 10.1. The zero-order valence-corrected chi connectivity index (χ0v) is 12.2. The van der Waals surface area contributed by atoms with Crippen molar-refractivity contribution in [3.05, 3.63) is 70.2 Å². The van der Waals surface area contributed by atoms with Crippen LogP contribution in [0.3, 0.4) is 0 Å². The van der Waals surface area contributed by atoms with Crippen molar-refractivity contribution in [3.8, 4) is 5.69 Å². The molecule has 2 heterocycles. The molecule has 0 aliphatic carbocycles. The summed E-state index contributed by atoms with van der Waals surface area (Å²) in [7, 11) is 0. The Labute approximate surface area is 122 Å². The third kappa shape index (κ3) is 2.53. The smallest absolute Gasteiger partial charge is 0.0677 e. The summed E-state index contributed by atoms with van der Waals surface area (Å²) >= 11 is 1.78. The second kappa shape index (κ2) is 5.61. The number of para-hydroxylation sites is 1. The van der Waals surface area contributed by atoms with Gasteiger partial charge in [0, 0.05) is 21.5 Å². The monoisotopic (exact) mass is 283 g/mol. The molecule has 0 bridgehead atoms. The molecule has 3 aromatic rings. The van der Waals surface area contributed by atoms with E-state index in [9.17, 15) is 0 Å². The highest BCUT2D eigenvalue weighted by Gasteiger charge is 2.13. The Kier molecular flexibility index (Phi) is 3.67. The predicted octanol–water partition coefficient (Wildman–Crippen LogP) is 3.54. The van der Waals surface area contributed by atoms with E-state index in [0.717, 1.165) is 17.7 Å². The fraction of sp³-hybridized carbons (Fsp3) is 0.188. The van der Waals surface area contributed by atoms with Crippen molar-refractivity contribution in [1.82, 2.24) is 9.78 Å². The minimum absolute atomic E-state index is 0.0993. The Morgan fingerprint density at radius 3 is 2.70 bits per heavy atom. The lowest BCUT2D eigenvalue weighted by Gasteiger charge is -2.06. The van der Waals surface area contributed by atoms with E-state index in [1.807, 2.05) is 47.4 Å². The van der Waals surface area contributed by atoms with Crippen LogP contribution in [0.25, 0.3) is 5.69 Å². The van der Waals surface area contributed by atoms with E-state index in [1.54, 1.807) is 11.3 Å².